The first kappa shape index (κ1) is 12.2. The van der Waals surface area contributed by atoms with E-state index in [0.717, 1.165) is 5.56 Å². The first-order valence-corrected chi connectivity index (χ1v) is 6.72. The van der Waals surface area contributed by atoms with Crippen molar-refractivity contribution in [3.63, 3.8) is 0 Å². The van der Waals surface area contributed by atoms with E-state index in [0.29, 0.717) is 18.0 Å². The number of carbonyl (C=O) groups is 1. The first-order chi connectivity index (χ1) is 9.24. The number of benzene rings is 2. The first-order valence-electron chi connectivity index (χ1n) is 6.34. The molecule has 3 heteroatoms. The zero-order chi connectivity index (χ0) is 13.2. The summed E-state index contributed by atoms with van der Waals surface area (Å²) in [4.78, 5) is 11.9. The number of rotatable bonds is 1. The summed E-state index contributed by atoms with van der Waals surface area (Å²) in [5, 5.41) is 3.65. The van der Waals surface area contributed by atoms with Crippen molar-refractivity contribution in [3.8, 4) is 0 Å². The number of fused-ring (bicyclic) bond motifs is 1. The van der Waals surface area contributed by atoms with Crippen molar-refractivity contribution in [1.82, 2.24) is 5.32 Å². The molecule has 2 aromatic rings. The number of nitrogens with one attached hydrogen (secondary N) is 1. The van der Waals surface area contributed by atoms with Crippen LogP contribution in [0.2, 0.25) is 5.02 Å². The molecule has 1 atom stereocenters. The molecule has 1 heterocycles. The Kier molecular flexibility index (Phi) is 3.26. The van der Waals surface area contributed by atoms with Gasteiger partial charge in [-0.15, -0.1) is 0 Å². The number of hydrogen-bond acceptors (Lipinski definition) is 1. The van der Waals surface area contributed by atoms with Gasteiger partial charge < -0.3 is 5.32 Å². The van der Waals surface area contributed by atoms with Gasteiger partial charge in [-0.1, -0.05) is 48.0 Å². The van der Waals surface area contributed by atoms with E-state index in [4.69, 9.17) is 11.6 Å². The van der Waals surface area contributed by atoms with Gasteiger partial charge >= 0.3 is 0 Å². The maximum Gasteiger partial charge on any atom is 0.221 e. The number of amides is 1. The molecule has 0 saturated heterocycles. The van der Waals surface area contributed by atoms with Gasteiger partial charge in [0.05, 0.1) is 0 Å². The molecule has 0 bridgehead atoms. The van der Waals surface area contributed by atoms with Gasteiger partial charge in [-0.05, 0) is 28.8 Å². The second-order valence-corrected chi connectivity index (χ2v) is 5.22. The van der Waals surface area contributed by atoms with Crippen LogP contribution in [0.1, 0.15) is 29.0 Å². The van der Waals surface area contributed by atoms with Gasteiger partial charge in [-0.25, -0.2) is 0 Å². The van der Waals surface area contributed by atoms with Crippen LogP contribution in [0.3, 0.4) is 0 Å². The van der Waals surface area contributed by atoms with Crippen LogP contribution in [0.15, 0.2) is 48.5 Å². The van der Waals surface area contributed by atoms with Gasteiger partial charge in [0.1, 0.15) is 0 Å². The highest BCUT2D eigenvalue weighted by atomic mass is 35.5. The Bertz CT molecular complexity index is 624. The van der Waals surface area contributed by atoms with Gasteiger partial charge in [0.2, 0.25) is 5.91 Å². The third-order valence-corrected chi connectivity index (χ3v) is 3.78. The minimum Gasteiger partial charge on any atom is -0.352 e. The zero-order valence-corrected chi connectivity index (χ0v) is 11.2. The Balaban J connectivity index is 2.10. The van der Waals surface area contributed by atoms with Crippen molar-refractivity contribution < 1.29 is 4.79 Å². The van der Waals surface area contributed by atoms with E-state index >= 15 is 0 Å². The molecule has 2 aromatic carbocycles. The van der Waals surface area contributed by atoms with Crippen LogP contribution in [0.4, 0.5) is 0 Å². The molecule has 0 saturated carbocycles. The van der Waals surface area contributed by atoms with Gasteiger partial charge in [-0.3, -0.25) is 4.79 Å². The van der Waals surface area contributed by atoms with Crippen molar-refractivity contribution in [1.29, 1.82) is 0 Å². The predicted octanol–water partition coefficient (Wildman–Crippen LogP) is 3.49. The predicted molar refractivity (Wildman–Crippen MR) is 76.2 cm³/mol. The largest absolute Gasteiger partial charge is 0.352 e. The number of halogens is 1. The Labute approximate surface area is 117 Å². The van der Waals surface area contributed by atoms with Gasteiger partial charge in [0.15, 0.2) is 0 Å². The lowest BCUT2D eigenvalue weighted by Gasteiger charge is -2.17. The van der Waals surface area contributed by atoms with Gasteiger partial charge in [0.25, 0.3) is 0 Å². The molecule has 0 aliphatic carbocycles. The summed E-state index contributed by atoms with van der Waals surface area (Å²) in [6.07, 6.45) is 0.470. The molecule has 1 unspecified atom stereocenters. The van der Waals surface area contributed by atoms with Crippen LogP contribution in [0.25, 0.3) is 0 Å². The molecule has 0 radical (unpaired) electrons. The van der Waals surface area contributed by atoms with Crippen LogP contribution in [-0.2, 0) is 11.3 Å². The summed E-state index contributed by atoms with van der Waals surface area (Å²) in [6, 6.07) is 16.0. The fourth-order valence-corrected chi connectivity index (χ4v) is 2.82. The second kappa shape index (κ2) is 5.06. The highest BCUT2D eigenvalue weighted by molar-refractivity contribution is 6.30. The maximum absolute atomic E-state index is 11.9. The molecule has 0 aromatic heterocycles. The average molecular weight is 272 g/mol. The standard InChI is InChI=1S/C16H14ClNO/c17-13-6-3-5-11(8-13)15-9-16(19)18-10-12-4-1-2-7-14(12)15/h1-8,15H,9-10H2,(H,18,19). The summed E-state index contributed by atoms with van der Waals surface area (Å²) in [5.74, 6) is 0.165. The summed E-state index contributed by atoms with van der Waals surface area (Å²) in [7, 11) is 0. The van der Waals surface area contributed by atoms with Crippen molar-refractivity contribution >= 4 is 17.5 Å². The van der Waals surface area contributed by atoms with E-state index in [1.165, 1.54) is 11.1 Å². The molecule has 96 valence electrons. The lowest BCUT2D eigenvalue weighted by Crippen LogP contribution is -2.21. The minimum absolute atomic E-state index is 0.0809. The van der Waals surface area contributed by atoms with Crippen LogP contribution in [-0.4, -0.2) is 5.91 Å². The minimum atomic E-state index is 0.0809. The monoisotopic (exact) mass is 271 g/mol. The molecule has 19 heavy (non-hydrogen) atoms. The molecule has 0 fully saturated rings. The molecule has 1 aliphatic rings. The summed E-state index contributed by atoms with van der Waals surface area (Å²) < 4.78 is 0. The Hall–Kier alpha value is -1.80. The van der Waals surface area contributed by atoms with Crippen LogP contribution < -0.4 is 5.32 Å². The van der Waals surface area contributed by atoms with E-state index in [9.17, 15) is 4.79 Å². The van der Waals surface area contributed by atoms with Crippen LogP contribution in [0.5, 0.6) is 0 Å². The van der Waals surface area contributed by atoms with Crippen molar-refractivity contribution in [2.45, 2.75) is 18.9 Å². The molecular weight excluding hydrogens is 258 g/mol. The third-order valence-electron chi connectivity index (χ3n) is 3.55. The lowest BCUT2D eigenvalue weighted by molar-refractivity contribution is -0.121. The average Bonchev–Trinajstić information content (AvgIpc) is 2.59. The van der Waals surface area contributed by atoms with Crippen LogP contribution in [0, 0.1) is 0 Å². The molecular formula is C16H14ClNO. The van der Waals surface area contributed by atoms with Crippen molar-refractivity contribution in [2.24, 2.45) is 0 Å². The lowest BCUT2D eigenvalue weighted by atomic mass is 9.86. The van der Waals surface area contributed by atoms with Gasteiger partial charge in [-0.2, -0.15) is 0 Å². The number of carbonyl (C=O) groups excluding carboxylic acids is 1. The number of hydrogen-bond donors (Lipinski definition) is 1. The van der Waals surface area contributed by atoms with E-state index in [1.54, 1.807) is 0 Å². The van der Waals surface area contributed by atoms with E-state index in [-0.39, 0.29) is 11.8 Å². The topological polar surface area (TPSA) is 29.1 Å². The summed E-state index contributed by atoms with van der Waals surface area (Å²) in [6.45, 7) is 0.603. The summed E-state index contributed by atoms with van der Waals surface area (Å²) in [5.41, 5.74) is 3.48. The molecule has 0 spiro atoms. The van der Waals surface area contributed by atoms with E-state index in [2.05, 4.69) is 17.4 Å². The third kappa shape index (κ3) is 2.49. The van der Waals surface area contributed by atoms with Crippen molar-refractivity contribution in [3.05, 3.63) is 70.2 Å². The highest BCUT2D eigenvalue weighted by Gasteiger charge is 2.23. The summed E-state index contributed by atoms with van der Waals surface area (Å²) >= 11 is 6.07. The molecule has 3 rings (SSSR count). The van der Waals surface area contributed by atoms with E-state index < -0.39 is 0 Å². The SMILES string of the molecule is O=C1CC(c2cccc(Cl)c2)c2ccccc2CN1. The molecule has 1 aliphatic heterocycles. The molecule has 2 nitrogen and oxygen atoms in total. The molecule has 1 N–H and O–H groups in total. The van der Waals surface area contributed by atoms with Gasteiger partial charge in [0, 0.05) is 23.9 Å². The normalized spacial score (nSPS) is 18.4. The van der Waals surface area contributed by atoms with Crippen molar-refractivity contribution in [2.75, 3.05) is 0 Å². The zero-order valence-electron chi connectivity index (χ0n) is 10.4. The highest BCUT2D eigenvalue weighted by Crippen LogP contribution is 2.33. The second-order valence-electron chi connectivity index (χ2n) is 4.79. The quantitative estimate of drug-likeness (QED) is 0.845. The van der Waals surface area contributed by atoms with Crippen LogP contribution >= 0.6 is 11.6 Å². The maximum atomic E-state index is 11.9. The Morgan fingerprint density at radius 2 is 1.95 bits per heavy atom. The fraction of sp³-hybridized carbons (Fsp3) is 0.188. The van der Waals surface area contributed by atoms with E-state index in [1.807, 2.05) is 36.4 Å². The Morgan fingerprint density at radius 3 is 2.79 bits per heavy atom. The Morgan fingerprint density at radius 1 is 1.11 bits per heavy atom. The fourth-order valence-electron chi connectivity index (χ4n) is 2.62. The molecule has 1 amide bonds. The smallest absolute Gasteiger partial charge is 0.221 e.